The third-order valence-electron chi connectivity index (χ3n) is 4.90. The summed E-state index contributed by atoms with van der Waals surface area (Å²) in [6.45, 7) is 5.37. The van der Waals surface area contributed by atoms with Gasteiger partial charge in [-0.25, -0.2) is 0 Å². The quantitative estimate of drug-likeness (QED) is 0.584. The Morgan fingerprint density at radius 3 is 2.62 bits per heavy atom. The van der Waals surface area contributed by atoms with Crippen molar-refractivity contribution >= 4 is 5.91 Å². The molecule has 3 aromatic rings. The van der Waals surface area contributed by atoms with E-state index in [0.29, 0.717) is 25.3 Å². The SMILES string of the molecule is COCCN(Cc1ccccn1)C(=O)c1cc(C)n(-c2cccc(OC)c2)c1C. The number of carbonyl (C=O) groups is 1. The van der Waals surface area contributed by atoms with Gasteiger partial charge in [0.2, 0.25) is 0 Å². The summed E-state index contributed by atoms with van der Waals surface area (Å²) in [6.07, 6.45) is 1.74. The zero-order valence-corrected chi connectivity index (χ0v) is 17.4. The van der Waals surface area contributed by atoms with Crippen molar-refractivity contribution in [1.29, 1.82) is 0 Å². The number of carbonyl (C=O) groups excluding carboxylic acids is 1. The maximum absolute atomic E-state index is 13.4. The van der Waals surface area contributed by atoms with Crippen molar-refractivity contribution in [2.24, 2.45) is 0 Å². The maximum Gasteiger partial charge on any atom is 0.256 e. The topological polar surface area (TPSA) is 56.6 Å². The highest BCUT2D eigenvalue weighted by Gasteiger charge is 2.22. The lowest BCUT2D eigenvalue weighted by Gasteiger charge is -2.22. The molecule has 29 heavy (non-hydrogen) atoms. The minimum Gasteiger partial charge on any atom is -0.497 e. The predicted molar refractivity (Wildman–Crippen MR) is 113 cm³/mol. The van der Waals surface area contributed by atoms with Crippen LogP contribution in [0.3, 0.4) is 0 Å². The molecule has 6 nitrogen and oxygen atoms in total. The summed E-state index contributed by atoms with van der Waals surface area (Å²) in [5.41, 5.74) is 4.37. The van der Waals surface area contributed by atoms with Gasteiger partial charge in [-0.1, -0.05) is 12.1 Å². The smallest absolute Gasteiger partial charge is 0.256 e. The molecule has 0 bridgehead atoms. The molecule has 0 radical (unpaired) electrons. The van der Waals surface area contributed by atoms with Crippen molar-refractivity contribution in [2.45, 2.75) is 20.4 Å². The molecule has 2 heterocycles. The first-order chi connectivity index (χ1) is 14.0. The summed E-state index contributed by atoms with van der Waals surface area (Å²) in [6, 6.07) is 15.5. The van der Waals surface area contributed by atoms with Gasteiger partial charge in [0.25, 0.3) is 5.91 Å². The molecule has 1 aromatic carbocycles. The highest BCUT2D eigenvalue weighted by atomic mass is 16.5. The van der Waals surface area contributed by atoms with Gasteiger partial charge < -0.3 is 18.9 Å². The Hall–Kier alpha value is -3.12. The van der Waals surface area contributed by atoms with E-state index in [0.717, 1.165) is 28.5 Å². The molecule has 0 unspecified atom stereocenters. The lowest BCUT2D eigenvalue weighted by Crippen LogP contribution is -2.34. The summed E-state index contributed by atoms with van der Waals surface area (Å²) < 4.78 is 12.6. The van der Waals surface area contributed by atoms with E-state index >= 15 is 0 Å². The summed E-state index contributed by atoms with van der Waals surface area (Å²) in [7, 11) is 3.28. The van der Waals surface area contributed by atoms with E-state index in [2.05, 4.69) is 9.55 Å². The third kappa shape index (κ3) is 4.66. The largest absolute Gasteiger partial charge is 0.497 e. The fourth-order valence-electron chi connectivity index (χ4n) is 3.44. The van der Waals surface area contributed by atoms with E-state index in [4.69, 9.17) is 9.47 Å². The number of pyridine rings is 1. The normalized spacial score (nSPS) is 10.8. The fourth-order valence-corrected chi connectivity index (χ4v) is 3.44. The van der Waals surface area contributed by atoms with Gasteiger partial charge in [0.05, 0.1) is 31.5 Å². The molecule has 1 amide bonds. The number of methoxy groups -OCH3 is 2. The first-order valence-corrected chi connectivity index (χ1v) is 9.56. The maximum atomic E-state index is 13.4. The Balaban J connectivity index is 1.94. The first-order valence-electron chi connectivity index (χ1n) is 9.56. The molecule has 6 heteroatoms. The minimum atomic E-state index is -0.0325. The van der Waals surface area contributed by atoms with E-state index in [1.807, 2.05) is 62.4 Å². The van der Waals surface area contributed by atoms with Crippen molar-refractivity contribution in [3.05, 3.63) is 77.4 Å². The van der Waals surface area contributed by atoms with Crippen LogP contribution in [0.1, 0.15) is 27.4 Å². The Labute approximate surface area is 171 Å². The van der Waals surface area contributed by atoms with Gasteiger partial charge >= 0.3 is 0 Å². The average Bonchev–Trinajstić information content (AvgIpc) is 3.05. The molecular weight excluding hydrogens is 366 g/mol. The zero-order valence-electron chi connectivity index (χ0n) is 17.4. The van der Waals surface area contributed by atoms with Crippen LogP contribution in [0.25, 0.3) is 5.69 Å². The number of aryl methyl sites for hydroxylation is 1. The Bertz CT molecular complexity index is 967. The monoisotopic (exact) mass is 393 g/mol. The summed E-state index contributed by atoms with van der Waals surface area (Å²) >= 11 is 0. The second kappa shape index (κ2) is 9.39. The molecule has 0 aliphatic rings. The Morgan fingerprint density at radius 2 is 1.93 bits per heavy atom. The van der Waals surface area contributed by atoms with Gasteiger partial charge in [0, 0.05) is 43.0 Å². The number of benzene rings is 1. The lowest BCUT2D eigenvalue weighted by atomic mass is 10.2. The van der Waals surface area contributed by atoms with Crippen LogP contribution >= 0.6 is 0 Å². The second-order valence-electron chi connectivity index (χ2n) is 6.86. The minimum absolute atomic E-state index is 0.0325. The molecule has 0 saturated heterocycles. The second-order valence-corrected chi connectivity index (χ2v) is 6.86. The van der Waals surface area contributed by atoms with E-state index in [1.54, 1.807) is 25.3 Å². The number of amides is 1. The van der Waals surface area contributed by atoms with Crippen LogP contribution in [0, 0.1) is 13.8 Å². The molecule has 0 N–H and O–H groups in total. The summed E-state index contributed by atoms with van der Waals surface area (Å²) in [4.78, 5) is 19.5. The number of nitrogens with zero attached hydrogens (tertiary/aromatic N) is 3. The van der Waals surface area contributed by atoms with Gasteiger partial charge in [0.15, 0.2) is 0 Å². The molecular formula is C23H27N3O3. The highest BCUT2D eigenvalue weighted by Crippen LogP contribution is 2.25. The van der Waals surface area contributed by atoms with Crippen molar-refractivity contribution in [3.63, 3.8) is 0 Å². The van der Waals surface area contributed by atoms with Gasteiger partial charge in [-0.05, 0) is 44.2 Å². The third-order valence-corrected chi connectivity index (χ3v) is 4.90. The van der Waals surface area contributed by atoms with Crippen molar-refractivity contribution in [2.75, 3.05) is 27.4 Å². The molecule has 0 spiro atoms. The van der Waals surface area contributed by atoms with Gasteiger partial charge in [-0.2, -0.15) is 0 Å². The van der Waals surface area contributed by atoms with Crippen LogP contribution in [0.5, 0.6) is 5.75 Å². The molecule has 3 rings (SSSR count). The van der Waals surface area contributed by atoms with Crippen molar-refractivity contribution in [1.82, 2.24) is 14.5 Å². The number of ether oxygens (including phenoxy) is 2. The van der Waals surface area contributed by atoms with Crippen LogP contribution in [0.2, 0.25) is 0 Å². The molecule has 0 saturated carbocycles. The number of aromatic nitrogens is 2. The van der Waals surface area contributed by atoms with Crippen LogP contribution in [0.15, 0.2) is 54.7 Å². The van der Waals surface area contributed by atoms with E-state index in [1.165, 1.54) is 0 Å². The molecule has 0 fully saturated rings. The average molecular weight is 393 g/mol. The first kappa shape index (κ1) is 20.6. The van der Waals surface area contributed by atoms with E-state index in [9.17, 15) is 4.79 Å². The Morgan fingerprint density at radius 1 is 1.10 bits per heavy atom. The predicted octanol–water partition coefficient (Wildman–Crippen LogP) is 3.79. The van der Waals surface area contributed by atoms with Crippen LogP contribution in [-0.2, 0) is 11.3 Å². The van der Waals surface area contributed by atoms with E-state index in [-0.39, 0.29) is 5.91 Å². The summed E-state index contributed by atoms with van der Waals surface area (Å²) in [5, 5.41) is 0. The van der Waals surface area contributed by atoms with Crippen LogP contribution < -0.4 is 4.74 Å². The standard InChI is InChI=1S/C23H27N3O3/c1-17-14-22(18(2)26(17)20-9-7-10-21(15-20)29-4)23(27)25(12-13-28-3)16-19-8-5-6-11-24-19/h5-11,14-15H,12-13,16H2,1-4H3. The zero-order chi connectivity index (χ0) is 20.8. The summed E-state index contributed by atoms with van der Waals surface area (Å²) in [5.74, 6) is 0.745. The molecule has 0 atom stereocenters. The number of rotatable bonds is 8. The fraction of sp³-hybridized carbons (Fsp3) is 0.304. The van der Waals surface area contributed by atoms with Crippen LogP contribution in [-0.4, -0.2) is 47.7 Å². The Kier molecular flexibility index (Phi) is 6.67. The number of hydrogen-bond acceptors (Lipinski definition) is 4. The van der Waals surface area contributed by atoms with Gasteiger partial charge in [-0.3, -0.25) is 9.78 Å². The van der Waals surface area contributed by atoms with Gasteiger partial charge in [0.1, 0.15) is 5.75 Å². The van der Waals surface area contributed by atoms with Crippen LogP contribution in [0.4, 0.5) is 0 Å². The molecule has 2 aromatic heterocycles. The van der Waals surface area contributed by atoms with E-state index < -0.39 is 0 Å². The van der Waals surface area contributed by atoms with Gasteiger partial charge in [-0.15, -0.1) is 0 Å². The van der Waals surface area contributed by atoms with Crippen molar-refractivity contribution in [3.8, 4) is 11.4 Å². The molecule has 0 aliphatic carbocycles. The molecule has 152 valence electrons. The van der Waals surface area contributed by atoms with Crippen molar-refractivity contribution < 1.29 is 14.3 Å². The number of hydrogen-bond donors (Lipinski definition) is 0. The highest BCUT2D eigenvalue weighted by molar-refractivity contribution is 5.96. The molecule has 0 aliphatic heterocycles. The lowest BCUT2D eigenvalue weighted by molar-refractivity contribution is 0.0677.